The number of aromatic nitrogens is 2. The molecule has 0 saturated carbocycles. The molecule has 29 heavy (non-hydrogen) atoms. The first-order valence-corrected chi connectivity index (χ1v) is 9.96. The number of benzene rings is 2. The Bertz CT molecular complexity index is 1080. The Morgan fingerprint density at radius 2 is 2.03 bits per heavy atom. The molecule has 0 radical (unpaired) electrons. The number of aliphatic hydroxyl groups excluding tert-OH is 1. The zero-order valence-corrected chi connectivity index (χ0v) is 16.5. The van der Waals surface area contributed by atoms with Gasteiger partial charge in [-0.15, -0.1) is 0 Å². The zero-order valence-electron chi connectivity index (χ0n) is 16.5. The maximum Gasteiger partial charge on any atom is 0.204 e. The summed E-state index contributed by atoms with van der Waals surface area (Å²) in [4.78, 5) is 10.3. The highest BCUT2D eigenvalue weighted by atomic mass is 16.6. The number of nitrogens with zero attached hydrogens (tertiary/aromatic N) is 3. The fourth-order valence-electron chi connectivity index (χ4n) is 4.42. The third-order valence-electron chi connectivity index (χ3n) is 5.73. The highest BCUT2D eigenvalue weighted by Crippen LogP contribution is 2.44. The van der Waals surface area contributed by atoms with Crippen LogP contribution in [0.15, 0.2) is 47.6 Å². The number of hydrogen-bond donors (Lipinski definition) is 2. The van der Waals surface area contributed by atoms with Gasteiger partial charge in [-0.2, -0.15) is 0 Å². The summed E-state index contributed by atoms with van der Waals surface area (Å²) < 4.78 is 8.58. The lowest BCUT2D eigenvalue weighted by molar-refractivity contribution is 0.0897. The molecule has 2 aromatic carbocycles. The fourth-order valence-corrected chi connectivity index (χ4v) is 4.42. The minimum atomic E-state index is -0.0393. The van der Waals surface area contributed by atoms with Gasteiger partial charge >= 0.3 is 0 Å². The second-order valence-electron chi connectivity index (χ2n) is 7.57. The van der Waals surface area contributed by atoms with Crippen LogP contribution < -0.4 is 10.1 Å². The van der Waals surface area contributed by atoms with Gasteiger partial charge in [0.15, 0.2) is 0 Å². The Morgan fingerprint density at radius 1 is 1.21 bits per heavy atom. The van der Waals surface area contributed by atoms with Crippen LogP contribution in [-0.4, -0.2) is 46.2 Å². The monoisotopic (exact) mass is 392 g/mol. The average Bonchev–Trinajstić information content (AvgIpc) is 3.29. The van der Waals surface area contributed by atoms with Crippen molar-refractivity contribution >= 4 is 22.7 Å². The molecular formula is C22H24N4O3. The van der Waals surface area contributed by atoms with E-state index in [9.17, 15) is 5.11 Å². The second kappa shape index (κ2) is 7.08. The summed E-state index contributed by atoms with van der Waals surface area (Å²) in [7, 11) is 0. The number of hydrogen-bond acceptors (Lipinski definition) is 6. The Labute approximate surface area is 169 Å². The molecule has 1 aromatic heterocycles. The number of anilines is 1. The van der Waals surface area contributed by atoms with E-state index in [1.165, 1.54) is 0 Å². The van der Waals surface area contributed by atoms with Gasteiger partial charge in [-0.25, -0.2) is 4.98 Å². The van der Waals surface area contributed by atoms with Crippen LogP contribution in [0.25, 0.3) is 11.0 Å². The minimum Gasteiger partial charge on any atom is -0.488 e. The summed E-state index contributed by atoms with van der Waals surface area (Å²) in [6.07, 6.45) is -0.0393. The van der Waals surface area contributed by atoms with Crippen molar-refractivity contribution in [3.8, 4) is 5.75 Å². The van der Waals surface area contributed by atoms with Crippen LogP contribution >= 0.6 is 0 Å². The molecule has 0 bridgehead atoms. The Kier molecular flexibility index (Phi) is 4.39. The second-order valence-corrected chi connectivity index (χ2v) is 7.57. The summed E-state index contributed by atoms with van der Waals surface area (Å²) in [6.45, 7) is 5.01. The number of rotatable bonds is 5. The van der Waals surface area contributed by atoms with Gasteiger partial charge in [-0.1, -0.05) is 41.6 Å². The molecule has 150 valence electrons. The SMILES string of the molecule is CC1=NOC(C)C1c1ccc2nc(NCCO)n3c2c1OCC3c1ccccc1. The molecule has 5 rings (SSSR count). The van der Waals surface area contributed by atoms with Gasteiger partial charge in [0.2, 0.25) is 5.95 Å². The first-order chi connectivity index (χ1) is 14.2. The molecule has 0 fully saturated rings. The van der Waals surface area contributed by atoms with Gasteiger partial charge < -0.3 is 20.0 Å². The van der Waals surface area contributed by atoms with E-state index in [0.717, 1.165) is 39.6 Å². The van der Waals surface area contributed by atoms with Crippen LogP contribution in [0.2, 0.25) is 0 Å². The third kappa shape index (κ3) is 2.84. The molecule has 3 aromatic rings. The number of oxime groups is 1. The summed E-state index contributed by atoms with van der Waals surface area (Å²) in [5, 5.41) is 16.8. The van der Waals surface area contributed by atoms with E-state index in [1.807, 2.05) is 38.1 Å². The van der Waals surface area contributed by atoms with Gasteiger partial charge in [0, 0.05) is 12.1 Å². The summed E-state index contributed by atoms with van der Waals surface area (Å²) in [6, 6.07) is 14.4. The van der Waals surface area contributed by atoms with E-state index in [4.69, 9.17) is 14.6 Å². The molecule has 0 amide bonds. The lowest BCUT2D eigenvalue weighted by Gasteiger charge is -2.30. The van der Waals surface area contributed by atoms with Crippen LogP contribution in [0.4, 0.5) is 5.95 Å². The predicted octanol–water partition coefficient (Wildman–Crippen LogP) is 3.30. The third-order valence-corrected chi connectivity index (χ3v) is 5.73. The van der Waals surface area contributed by atoms with Gasteiger partial charge in [-0.3, -0.25) is 4.57 Å². The van der Waals surface area contributed by atoms with Crippen molar-refractivity contribution in [2.75, 3.05) is 25.1 Å². The molecule has 0 aliphatic carbocycles. The Morgan fingerprint density at radius 3 is 2.76 bits per heavy atom. The van der Waals surface area contributed by atoms with E-state index >= 15 is 0 Å². The van der Waals surface area contributed by atoms with Crippen LogP contribution in [0.3, 0.4) is 0 Å². The van der Waals surface area contributed by atoms with Crippen LogP contribution in [0.1, 0.15) is 36.9 Å². The molecule has 0 spiro atoms. The molecule has 0 saturated heterocycles. The van der Waals surface area contributed by atoms with Crippen molar-refractivity contribution in [3.05, 3.63) is 53.6 Å². The molecule has 2 N–H and O–H groups in total. The molecule has 3 unspecified atom stereocenters. The van der Waals surface area contributed by atoms with Gasteiger partial charge in [0.25, 0.3) is 0 Å². The number of nitrogens with one attached hydrogen (secondary N) is 1. The van der Waals surface area contributed by atoms with Gasteiger partial charge in [0.1, 0.15) is 24.0 Å². The maximum atomic E-state index is 9.31. The number of ether oxygens (including phenoxy) is 1. The highest BCUT2D eigenvalue weighted by molar-refractivity contribution is 5.94. The first-order valence-electron chi connectivity index (χ1n) is 9.96. The molecule has 2 aliphatic rings. The lowest BCUT2D eigenvalue weighted by Crippen LogP contribution is -2.27. The van der Waals surface area contributed by atoms with Gasteiger partial charge in [-0.05, 0) is 25.5 Å². The van der Waals surface area contributed by atoms with Crippen molar-refractivity contribution in [3.63, 3.8) is 0 Å². The molecular weight excluding hydrogens is 368 g/mol. The zero-order chi connectivity index (χ0) is 20.0. The smallest absolute Gasteiger partial charge is 0.204 e. The molecule has 3 atom stereocenters. The van der Waals surface area contributed by atoms with E-state index in [1.54, 1.807) is 0 Å². The van der Waals surface area contributed by atoms with E-state index in [2.05, 4.69) is 33.2 Å². The largest absolute Gasteiger partial charge is 0.488 e. The first kappa shape index (κ1) is 18.0. The number of aliphatic hydroxyl groups is 1. The van der Waals surface area contributed by atoms with Crippen LogP contribution in [0.5, 0.6) is 5.75 Å². The molecule has 2 aliphatic heterocycles. The van der Waals surface area contributed by atoms with Gasteiger partial charge in [0.05, 0.1) is 29.8 Å². The Hall–Kier alpha value is -3.06. The van der Waals surface area contributed by atoms with Crippen LogP contribution in [-0.2, 0) is 4.84 Å². The van der Waals surface area contributed by atoms with E-state index in [-0.39, 0.29) is 24.7 Å². The lowest BCUT2D eigenvalue weighted by atomic mass is 9.89. The molecule has 7 heteroatoms. The predicted molar refractivity (Wildman–Crippen MR) is 112 cm³/mol. The standard InChI is InChI=1S/C22H24N4O3/c1-13-19(14(2)29-25-13)16-8-9-17-20-21(16)28-12-18(15-6-4-3-5-7-15)26(20)22(24-17)23-10-11-27/h3-9,14,18-19,27H,10-12H2,1-2H3,(H,23,24). The van der Waals surface area contributed by atoms with Crippen molar-refractivity contribution in [1.82, 2.24) is 9.55 Å². The van der Waals surface area contributed by atoms with Crippen LogP contribution in [0, 0.1) is 0 Å². The maximum absolute atomic E-state index is 9.31. The highest BCUT2D eigenvalue weighted by Gasteiger charge is 2.36. The Balaban J connectivity index is 1.71. The normalized spacial score (nSPS) is 22.9. The van der Waals surface area contributed by atoms with Crippen molar-refractivity contribution in [1.29, 1.82) is 0 Å². The number of imidazole rings is 1. The van der Waals surface area contributed by atoms with E-state index < -0.39 is 0 Å². The topological polar surface area (TPSA) is 80.9 Å². The van der Waals surface area contributed by atoms with E-state index in [0.29, 0.717) is 13.2 Å². The quantitative estimate of drug-likeness (QED) is 0.696. The minimum absolute atomic E-state index is 0.00263. The average molecular weight is 392 g/mol. The summed E-state index contributed by atoms with van der Waals surface area (Å²) in [5.74, 6) is 1.64. The fraction of sp³-hybridized carbons (Fsp3) is 0.364. The van der Waals surface area contributed by atoms with Crippen molar-refractivity contribution in [2.24, 2.45) is 5.16 Å². The van der Waals surface area contributed by atoms with Crippen molar-refractivity contribution in [2.45, 2.75) is 31.9 Å². The van der Waals surface area contributed by atoms with Crippen molar-refractivity contribution < 1.29 is 14.7 Å². The molecule has 3 heterocycles. The summed E-state index contributed by atoms with van der Waals surface area (Å²) >= 11 is 0. The summed E-state index contributed by atoms with van der Waals surface area (Å²) in [5.41, 5.74) is 5.02. The molecule has 7 nitrogen and oxygen atoms in total.